The van der Waals surface area contributed by atoms with Crippen LogP contribution in [-0.4, -0.2) is 33.5 Å². The number of carbonyl (C=O) groups is 1. The van der Waals surface area contributed by atoms with Crippen molar-refractivity contribution in [1.82, 2.24) is 20.4 Å². The number of hydrogen-bond donors (Lipinski definition) is 3. The van der Waals surface area contributed by atoms with Gasteiger partial charge < -0.3 is 15.7 Å². The Hall–Kier alpha value is -1.56. The minimum absolute atomic E-state index is 0.155. The Morgan fingerprint density at radius 3 is 2.82 bits per heavy atom. The van der Waals surface area contributed by atoms with E-state index in [1.54, 1.807) is 31.0 Å². The number of urea groups is 1. The van der Waals surface area contributed by atoms with Gasteiger partial charge in [0.15, 0.2) is 0 Å². The van der Waals surface area contributed by atoms with E-state index >= 15 is 0 Å². The van der Waals surface area contributed by atoms with Gasteiger partial charge in [-0.25, -0.2) is 4.79 Å². The molecule has 6 nitrogen and oxygen atoms in total. The summed E-state index contributed by atoms with van der Waals surface area (Å²) in [4.78, 5) is 12.1. The van der Waals surface area contributed by atoms with Crippen molar-refractivity contribution >= 4 is 6.03 Å². The van der Waals surface area contributed by atoms with Crippen LogP contribution in [0.25, 0.3) is 0 Å². The first-order valence-electron chi connectivity index (χ1n) is 8.04. The highest BCUT2D eigenvalue weighted by atomic mass is 16.3. The predicted molar refractivity (Wildman–Crippen MR) is 85.3 cm³/mol. The van der Waals surface area contributed by atoms with Crippen molar-refractivity contribution in [3.63, 3.8) is 0 Å². The van der Waals surface area contributed by atoms with Gasteiger partial charge in [0.25, 0.3) is 0 Å². The molecule has 0 bridgehead atoms. The van der Waals surface area contributed by atoms with Crippen LogP contribution >= 0.6 is 0 Å². The first-order chi connectivity index (χ1) is 10.3. The second-order valence-electron chi connectivity index (χ2n) is 7.01. The Morgan fingerprint density at radius 2 is 2.23 bits per heavy atom. The maximum absolute atomic E-state index is 12.1. The molecule has 124 valence electrons. The average molecular weight is 308 g/mol. The van der Waals surface area contributed by atoms with E-state index in [1.807, 2.05) is 0 Å². The van der Waals surface area contributed by atoms with Gasteiger partial charge in [-0.2, -0.15) is 5.10 Å². The molecule has 0 spiro atoms. The van der Waals surface area contributed by atoms with Crippen molar-refractivity contribution in [1.29, 1.82) is 0 Å². The molecule has 1 fully saturated rings. The molecule has 1 aromatic heterocycles. The summed E-state index contributed by atoms with van der Waals surface area (Å²) < 4.78 is 1.63. The van der Waals surface area contributed by atoms with Gasteiger partial charge in [-0.3, -0.25) is 4.68 Å². The van der Waals surface area contributed by atoms with E-state index in [9.17, 15) is 9.90 Å². The largest absolute Gasteiger partial charge is 0.383 e. The van der Waals surface area contributed by atoms with Crippen LogP contribution in [0.4, 0.5) is 4.79 Å². The lowest BCUT2D eigenvalue weighted by Gasteiger charge is -2.33. The molecule has 4 unspecified atom stereocenters. The molecule has 1 heterocycles. The van der Waals surface area contributed by atoms with Crippen LogP contribution in [-0.2, 0) is 12.6 Å². The molecular formula is C16H28N4O2. The number of nitrogens with one attached hydrogen (secondary N) is 2. The number of hydrogen-bond acceptors (Lipinski definition) is 3. The minimum atomic E-state index is -1.13. The summed E-state index contributed by atoms with van der Waals surface area (Å²) in [6.07, 6.45) is 6.70. The summed E-state index contributed by atoms with van der Waals surface area (Å²) >= 11 is 0. The van der Waals surface area contributed by atoms with Crippen molar-refractivity contribution in [2.45, 2.75) is 51.7 Å². The molecule has 22 heavy (non-hydrogen) atoms. The van der Waals surface area contributed by atoms with Crippen LogP contribution in [0.5, 0.6) is 0 Å². The maximum Gasteiger partial charge on any atom is 0.315 e. The Morgan fingerprint density at radius 1 is 1.50 bits per heavy atom. The zero-order valence-corrected chi connectivity index (χ0v) is 14.0. The first kappa shape index (κ1) is 16.8. The molecule has 6 heteroatoms. The van der Waals surface area contributed by atoms with E-state index < -0.39 is 5.60 Å². The Balaban J connectivity index is 1.82. The standard InChI is InChI=1S/C16H28N4O2/c1-11-5-6-14(12(2)7-11)19-15(21)17-10-16(3,22)13-8-18-20(4)9-13/h8-9,11-12,14,22H,5-7,10H2,1-4H3,(H2,17,19,21). The molecule has 0 saturated heterocycles. The summed E-state index contributed by atoms with van der Waals surface area (Å²) in [5.74, 6) is 1.23. The van der Waals surface area contributed by atoms with Crippen molar-refractivity contribution in [3.8, 4) is 0 Å². The summed E-state index contributed by atoms with van der Waals surface area (Å²) in [7, 11) is 1.80. The summed E-state index contributed by atoms with van der Waals surface area (Å²) in [5.41, 5.74) is -0.437. The van der Waals surface area contributed by atoms with Gasteiger partial charge in [0.2, 0.25) is 0 Å². The minimum Gasteiger partial charge on any atom is -0.383 e. The summed E-state index contributed by atoms with van der Waals surface area (Å²) in [5, 5.41) is 20.3. The molecule has 3 N–H and O–H groups in total. The summed E-state index contributed by atoms with van der Waals surface area (Å²) in [6.45, 7) is 6.28. The lowest BCUT2D eigenvalue weighted by atomic mass is 9.80. The molecule has 1 aromatic rings. The number of aromatic nitrogens is 2. The molecule has 1 saturated carbocycles. The molecule has 2 amide bonds. The molecule has 1 aliphatic carbocycles. The van der Waals surface area contributed by atoms with Crippen molar-refractivity contribution in [2.75, 3.05) is 6.54 Å². The van der Waals surface area contributed by atoms with E-state index in [0.29, 0.717) is 11.5 Å². The third-order valence-corrected chi connectivity index (χ3v) is 4.67. The fourth-order valence-electron chi connectivity index (χ4n) is 3.15. The van der Waals surface area contributed by atoms with Crippen LogP contribution in [0.2, 0.25) is 0 Å². The Kier molecular flexibility index (Phi) is 5.11. The molecule has 2 rings (SSSR count). The fourth-order valence-corrected chi connectivity index (χ4v) is 3.15. The summed E-state index contributed by atoms with van der Waals surface area (Å²) in [6, 6.07) is 0.00936. The second kappa shape index (κ2) is 6.69. The number of aryl methyl sites for hydroxylation is 1. The monoisotopic (exact) mass is 308 g/mol. The second-order valence-corrected chi connectivity index (χ2v) is 7.01. The van der Waals surface area contributed by atoms with Crippen molar-refractivity contribution in [2.24, 2.45) is 18.9 Å². The molecule has 0 aliphatic heterocycles. The van der Waals surface area contributed by atoms with E-state index in [-0.39, 0.29) is 18.6 Å². The SMILES string of the molecule is CC1CCC(NC(=O)NCC(C)(O)c2cnn(C)c2)C(C)C1. The van der Waals surface area contributed by atoms with Gasteiger partial charge in [0.05, 0.1) is 12.7 Å². The fraction of sp³-hybridized carbons (Fsp3) is 0.750. The quantitative estimate of drug-likeness (QED) is 0.793. The van der Waals surface area contributed by atoms with Crippen LogP contribution < -0.4 is 10.6 Å². The highest BCUT2D eigenvalue weighted by Crippen LogP contribution is 2.28. The number of carbonyl (C=O) groups excluding carboxylic acids is 1. The maximum atomic E-state index is 12.1. The van der Waals surface area contributed by atoms with Gasteiger partial charge in [-0.1, -0.05) is 13.8 Å². The van der Waals surface area contributed by atoms with Gasteiger partial charge in [0, 0.05) is 24.8 Å². The lowest BCUT2D eigenvalue weighted by Crippen LogP contribution is -2.49. The van der Waals surface area contributed by atoms with Crippen LogP contribution in [0.15, 0.2) is 12.4 Å². The average Bonchev–Trinajstić information content (AvgIpc) is 2.87. The number of rotatable bonds is 4. The van der Waals surface area contributed by atoms with E-state index in [1.165, 1.54) is 0 Å². The number of nitrogens with zero attached hydrogens (tertiary/aromatic N) is 2. The van der Waals surface area contributed by atoms with Crippen LogP contribution in [0.1, 0.15) is 45.6 Å². The Bertz CT molecular complexity index is 512. The third-order valence-electron chi connectivity index (χ3n) is 4.67. The molecule has 0 aromatic carbocycles. The van der Waals surface area contributed by atoms with E-state index in [4.69, 9.17) is 0 Å². The first-order valence-corrected chi connectivity index (χ1v) is 8.04. The molecule has 1 aliphatic rings. The third kappa shape index (κ3) is 4.22. The predicted octanol–water partition coefficient (Wildman–Crippen LogP) is 1.75. The van der Waals surface area contributed by atoms with E-state index in [0.717, 1.165) is 25.2 Å². The molecule has 4 atom stereocenters. The Labute approximate surface area is 132 Å². The van der Waals surface area contributed by atoms with E-state index in [2.05, 4.69) is 29.6 Å². The van der Waals surface area contributed by atoms with Gasteiger partial charge in [0.1, 0.15) is 5.60 Å². The normalized spacial score (nSPS) is 28.0. The highest BCUT2D eigenvalue weighted by Gasteiger charge is 2.28. The smallest absolute Gasteiger partial charge is 0.315 e. The lowest BCUT2D eigenvalue weighted by molar-refractivity contribution is 0.0589. The van der Waals surface area contributed by atoms with Gasteiger partial charge >= 0.3 is 6.03 Å². The van der Waals surface area contributed by atoms with Crippen molar-refractivity contribution in [3.05, 3.63) is 18.0 Å². The van der Waals surface area contributed by atoms with Crippen molar-refractivity contribution < 1.29 is 9.90 Å². The zero-order chi connectivity index (χ0) is 16.3. The molecular weight excluding hydrogens is 280 g/mol. The zero-order valence-electron chi connectivity index (χ0n) is 14.0. The number of amides is 2. The van der Waals surface area contributed by atoms with Crippen LogP contribution in [0.3, 0.4) is 0 Å². The topological polar surface area (TPSA) is 79.2 Å². The van der Waals surface area contributed by atoms with Crippen LogP contribution in [0, 0.1) is 11.8 Å². The highest BCUT2D eigenvalue weighted by molar-refractivity contribution is 5.74. The number of aliphatic hydroxyl groups is 1. The molecule has 0 radical (unpaired) electrons. The van der Waals surface area contributed by atoms with Gasteiger partial charge in [-0.15, -0.1) is 0 Å². The van der Waals surface area contributed by atoms with Gasteiger partial charge in [-0.05, 0) is 38.0 Å².